The molecule has 0 saturated heterocycles. The summed E-state index contributed by atoms with van der Waals surface area (Å²) in [6, 6.07) is 0. The maximum atomic E-state index is 11.0. The fourth-order valence-electron chi connectivity index (χ4n) is 1.87. The molecule has 7 nitrogen and oxygen atoms in total. The van der Waals surface area contributed by atoms with Crippen LogP contribution >= 0.6 is 7.82 Å². The van der Waals surface area contributed by atoms with Gasteiger partial charge in [-0.05, 0) is 6.92 Å². The van der Waals surface area contributed by atoms with E-state index in [0.29, 0.717) is 11.0 Å². The van der Waals surface area contributed by atoms with Crippen LogP contribution in [0, 0.1) is 0 Å². The Kier molecular flexibility index (Phi) is 6.38. The van der Waals surface area contributed by atoms with Gasteiger partial charge < -0.3 is 19.0 Å². The van der Waals surface area contributed by atoms with Gasteiger partial charge in [-0.25, -0.2) is 9.36 Å². The highest BCUT2D eigenvalue weighted by atomic mass is 31.2. The average Bonchev–Trinajstić information content (AvgIpc) is 2.10. The summed E-state index contributed by atoms with van der Waals surface area (Å²) in [5.41, 5.74) is -1.10. The Hall–Kier alpha value is -0.720. The van der Waals surface area contributed by atoms with Crippen LogP contribution in [0.15, 0.2) is 12.7 Å². The second-order valence-electron chi connectivity index (χ2n) is 5.60. The summed E-state index contributed by atoms with van der Waals surface area (Å²) in [5.74, 6) is -0.580. The van der Waals surface area contributed by atoms with Crippen molar-refractivity contribution in [3.05, 3.63) is 12.7 Å². The fraction of sp³-hybridized carbons (Fsp3) is 0.727. The Labute approximate surface area is 113 Å². The Morgan fingerprint density at radius 1 is 1.42 bits per heavy atom. The van der Waals surface area contributed by atoms with Crippen LogP contribution in [0.5, 0.6) is 0 Å². The van der Waals surface area contributed by atoms with Gasteiger partial charge >= 0.3 is 13.8 Å². The number of nitrogens with zero attached hydrogens (tertiary/aromatic N) is 1. The minimum Gasteiger partial charge on any atom is -0.462 e. The lowest BCUT2D eigenvalue weighted by Crippen LogP contribution is -2.49. The molecule has 0 heterocycles. The van der Waals surface area contributed by atoms with E-state index in [1.165, 1.54) is 0 Å². The van der Waals surface area contributed by atoms with Crippen LogP contribution in [-0.2, 0) is 18.6 Å². The molecule has 0 aromatic rings. The monoisotopic (exact) mass is 296 g/mol. The van der Waals surface area contributed by atoms with E-state index in [4.69, 9.17) is 19.0 Å². The van der Waals surface area contributed by atoms with Gasteiger partial charge in [0.05, 0.1) is 27.7 Å². The van der Waals surface area contributed by atoms with E-state index in [9.17, 15) is 9.36 Å². The molecule has 0 spiro atoms. The van der Waals surface area contributed by atoms with Gasteiger partial charge in [0.1, 0.15) is 12.1 Å². The number of hydrogen-bond donors (Lipinski definition) is 2. The van der Waals surface area contributed by atoms with Gasteiger partial charge in [-0.1, -0.05) is 6.58 Å². The molecular formula is C11H23NO6P+. The van der Waals surface area contributed by atoms with Crippen molar-refractivity contribution < 1.29 is 32.9 Å². The Morgan fingerprint density at radius 2 is 1.95 bits per heavy atom. The standard InChI is InChI=1S/C11H22NO6P/c1-6-10(13)17-8-7-11(2,9-12(3,4)5)18-19(14,15)16/h6H,1,7-9H2,2-5H3,(H-,14,15,16)/p+1. The molecule has 0 bridgehead atoms. The minimum atomic E-state index is -4.61. The Balaban J connectivity index is 4.71. The first kappa shape index (κ1) is 18.3. The molecule has 0 saturated carbocycles. The molecule has 112 valence electrons. The van der Waals surface area contributed by atoms with Crippen LogP contribution in [0.3, 0.4) is 0 Å². The molecule has 0 fully saturated rings. The van der Waals surface area contributed by atoms with Crippen molar-refractivity contribution in [2.24, 2.45) is 0 Å². The van der Waals surface area contributed by atoms with Gasteiger partial charge in [-0.15, -0.1) is 0 Å². The van der Waals surface area contributed by atoms with Crippen LogP contribution in [0.25, 0.3) is 0 Å². The van der Waals surface area contributed by atoms with E-state index in [1.54, 1.807) is 6.92 Å². The lowest BCUT2D eigenvalue weighted by molar-refractivity contribution is -0.876. The zero-order chi connectivity index (χ0) is 15.3. The number of esters is 1. The van der Waals surface area contributed by atoms with E-state index in [2.05, 4.69) is 6.58 Å². The van der Waals surface area contributed by atoms with E-state index in [-0.39, 0.29) is 13.0 Å². The van der Waals surface area contributed by atoms with Gasteiger partial charge in [0, 0.05) is 12.5 Å². The lowest BCUT2D eigenvalue weighted by Gasteiger charge is -2.36. The van der Waals surface area contributed by atoms with Crippen molar-refractivity contribution in [3.8, 4) is 0 Å². The molecule has 0 aliphatic heterocycles. The summed E-state index contributed by atoms with van der Waals surface area (Å²) in [5, 5.41) is 0. The molecule has 0 aromatic heterocycles. The topological polar surface area (TPSA) is 93.1 Å². The molecule has 0 aliphatic rings. The molecule has 0 aromatic carbocycles. The van der Waals surface area contributed by atoms with Gasteiger partial charge in [-0.2, -0.15) is 0 Å². The van der Waals surface area contributed by atoms with Crippen LogP contribution in [0.2, 0.25) is 0 Å². The van der Waals surface area contributed by atoms with Crippen molar-refractivity contribution >= 4 is 13.8 Å². The molecule has 19 heavy (non-hydrogen) atoms. The number of ether oxygens (including phenoxy) is 1. The number of quaternary nitrogens is 1. The zero-order valence-electron chi connectivity index (χ0n) is 11.8. The van der Waals surface area contributed by atoms with Gasteiger partial charge in [0.25, 0.3) is 0 Å². The summed E-state index contributed by atoms with van der Waals surface area (Å²) >= 11 is 0. The summed E-state index contributed by atoms with van der Waals surface area (Å²) in [4.78, 5) is 28.9. The van der Waals surface area contributed by atoms with Gasteiger partial charge in [0.15, 0.2) is 0 Å². The fourth-order valence-corrected chi connectivity index (χ4v) is 2.59. The number of likely N-dealkylation sites (N-methyl/N-ethyl adjacent to an activating group) is 1. The van der Waals surface area contributed by atoms with Crippen molar-refractivity contribution in [2.75, 3.05) is 34.3 Å². The summed E-state index contributed by atoms with van der Waals surface area (Å²) in [7, 11) is 1.00. The van der Waals surface area contributed by atoms with Crippen LogP contribution < -0.4 is 0 Å². The smallest absolute Gasteiger partial charge is 0.462 e. The second-order valence-corrected chi connectivity index (χ2v) is 6.77. The molecule has 0 radical (unpaired) electrons. The summed E-state index contributed by atoms with van der Waals surface area (Å²) in [6.45, 7) is 5.19. The SMILES string of the molecule is C=CC(=O)OCCC(C)(C[N+](C)(C)C)OP(=O)(O)O. The van der Waals surface area contributed by atoms with Crippen LogP contribution in [0.1, 0.15) is 13.3 Å². The Bertz CT molecular complexity index is 372. The predicted octanol–water partition coefficient (Wildman–Crippen LogP) is 0.680. The normalized spacial score (nSPS) is 15.7. The zero-order valence-corrected chi connectivity index (χ0v) is 12.7. The third kappa shape index (κ3) is 9.81. The summed E-state index contributed by atoms with van der Waals surface area (Å²) < 4.78 is 21.1. The molecule has 2 N–H and O–H groups in total. The highest BCUT2D eigenvalue weighted by Crippen LogP contribution is 2.43. The summed E-state index contributed by atoms with van der Waals surface area (Å²) in [6.07, 6.45) is 1.20. The predicted molar refractivity (Wildman–Crippen MR) is 70.2 cm³/mol. The van der Waals surface area contributed by atoms with Crippen molar-refractivity contribution in [3.63, 3.8) is 0 Å². The van der Waals surface area contributed by atoms with E-state index < -0.39 is 19.4 Å². The molecule has 0 rings (SSSR count). The van der Waals surface area contributed by atoms with E-state index >= 15 is 0 Å². The average molecular weight is 296 g/mol. The molecule has 0 amide bonds. The minimum absolute atomic E-state index is 0.00134. The third-order valence-electron chi connectivity index (χ3n) is 2.19. The van der Waals surface area contributed by atoms with Crippen LogP contribution in [0.4, 0.5) is 0 Å². The number of phosphoric acid groups is 1. The highest BCUT2D eigenvalue weighted by Gasteiger charge is 2.38. The molecule has 8 heteroatoms. The number of rotatable bonds is 8. The Morgan fingerprint density at radius 3 is 2.32 bits per heavy atom. The lowest BCUT2D eigenvalue weighted by atomic mass is 10.0. The molecule has 0 aliphatic carbocycles. The molecule has 1 unspecified atom stereocenters. The number of hydrogen-bond acceptors (Lipinski definition) is 4. The first-order valence-corrected chi connectivity index (χ1v) is 7.26. The maximum Gasteiger partial charge on any atom is 0.470 e. The highest BCUT2D eigenvalue weighted by molar-refractivity contribution is 7.46. The third-order valence-corrected chi connectivity index (χ3v) is 2.87. The second kappa shape index (κ2) is 6.63. The molecule has 1 atom stereocenters. The van der Waals surface area contributed by atoms with Gasteiger partial charge in [0.2, 0.25) is 0 Å². The van der Waals surface area contributed by atoms with Crippen molar-refractivity contribution in [2.45, 2.75) is 18.9 Å². The molecular weight excluding hydrogens is 273 g/mol. The van der Waals surface area contributed by atoms with E-state index in [0.717, 1.165) is 6.08 Å². The maximum absolute atomic E-state index is 11.0. The largest absolute Gasteiger partial charge is 0.470 e. The van der Waals surface area contributed by atoms with Crippen molar-refractivity contribution in [1.29, 1.82) is 0 Å². The first-order valence-electron chi connectivity index (χ1n) is 5.73. The van der Waals surface area contributed by atoms with Crippen molar-refractivity contribution in [1.82, 2.24) is 0 Å². The number of phosphoric ester groups is 1. The first-order chi connectivity index (χ1) is 8.37. The van der Waals surface area contributed by atoms with Crippen LogP contribution in [-0.4, -0.2) is 60.1 Å². The van der Waals surface area contributed by atoms with E-state index in [1.807, 2.05) is 21.1 Å². The number of carbonyl (C=O) groups is 1. The van der Waals surface area contributed by atoms with Gasteiger partial charge in [-0.3, -0.25) is 4.52 Å². The quantitative estimate of drug-likeness (QED) is 0.296. The number of carbonyl (C=O) groups excluding carboxylic acids is 1.